The molecule has 4 nitrogen and oxygen atoms in total. The fourth-order valence-electron chi connectivity index (χ4n) is 1.79. The number of halogens is 3. The van der Waals surface area contributed by atoms with Crippen LogP contribution >= 0.6 is 0 Å². The summed E-state index contributed by atoms with van der Waals surface area (Å²) in [6, 6.07) is 6.12. The summed E-state index contributed by atoms with van der Waals surface area (Å²) in [5.74, 6) is 0. The fourth-order valence-corrected chi connectivity index (χ4v) is 2.87. The first-order valence-electron chi connectivity index (χ1n) is 6.55. The Morgan fingerprint density at radius 1 is 1.29 bits per heavy atom. The summed E-state index contributed by atoms with van der Waals surface area (Å²) in [7, 11) is -3.93. The third-order valence-electron chi connectivity index (χ3n) is 2.88. The van der Waals surface area contributed by atoms with Gasteiger partial charge in [0.15, 0.2) is 0 Å². The number of alkyl halides is 3. The average molecular weight is 324 g/mol. The molecular formula is C13H19F3N2O2S. The highest BCUT2D eigenvalue weighted by Gasteiger charge is 2.27. The zero-order valence-corrected chi connectivity index (χ0v) is 12.7. The van der Waals surface area contributed by atoms with Gasteiger partial charge in [0, 0.05) is 12.6 Å². The van der Waals surface area contributed by atoms with Crippen molar-refractivity contribution in [2.75, 3.05) is 13.1 Å². The lowest BCUT2D eigenvalue weighted by Gasteiger charge is -2.14. The summed E-state index contributed by atoms with van der Waals surface area (Å²) >= 11 is 0. The maximum Gasteiger partial charge on any atom is 0.390 e. The zero-order valence-electron chi connectivity index (χ0n) is 11.9. The lowest BCUT2D eigenvalue weighted by molar-refractivity contribution is -0.132. The van der Waals surface area contributed by atoms with E-state index in [1.807, 2.05) is 18.6 Å². The van der Waals surface area contributed by atoms with Crippen molar-refractivity contribution >= 4 is 10.0 Å². The summed E-state index contributed by atoms with van der Waals surface area (Å²) in [5, 5.41) is 3.14. The maximum absolute atomic E-state index is 12.0. The molecular weight excluding hydrogens is 305 g/mol. The van der Waals surface area contributed by atoms with Crippen molar-refractivity contribution < 1.29 is 21.6 Å². The van der Waals surface area contributed by atoms with E-state index in [9.17, 15) is 21.6 Å². The number of hydrogen-bond donors (Lipinski definition) is 2. The molecule has 0 aliphatic heterocycles. The highest BCUT2D eigenvalue weighted by Crippen LogP contribution is 2.20. The van der Waals surface area contributed by atoms with Crippen molar-refractivity contribution in [3.05, 3.63) is 29.8 Å². The smallest absolute Gasteiger partial charge is 0.310 e. The van der Waals surface area contributed by atoms with E-state index < -0.39 is 29.2 Å². The molecule has 0 spiro atoms. The molecule has 1 aromatic carbocycles. The van der Waals surface area contributed by atoms with Crippen LogP contribution in [-0.2, 0) is 10.0 Å². The number of rotatable bonds is 7. The Kier molecular flexibility index (Phi) is 6.18. The molecule has 120 valence electrons. The third-order valence-corrected chi connectivity index (χ3v) is 4.34. The first-order chi connectivity index (χ1) is 9.65. The summed E-state index contributed by atoms with van der Waals surface area (Å²) < 4.78 is 62.0. The topological polar surface area (TPSA) is 58.2 Å². The monoisotopic (exact) mass is 324 g/mol. The molecule has 0 aliphatic carbocycles. The van der Waals surface area contributed by atoms with Gasteiger partial charge in [-0.15, -0.1) is 0 Å². The van der Waals surface area contributed by atoms with Gasteiger partial charge in [-0.05, 0) is 31.2 Å². The Balaban J connectivity index is 2.81. The van der Waals surface area contributed by atoms with E-state index >= 15 is 0 Å². The van der Waals surface area contributed by atoms with Crippen molar-refractivity contribution in [2.24, 2.45) is 0 Å². The maximum atomic E-state index is 12.0. The van der Waals surface area contributed by atoms with Crippen molar-refractivity contribution in [1.82, 2.24) is 10.0 Å². The van der Waals surface area contributed by atoms with Gasteiger partial charge in [0.1, 0.15) is 0 Å². The number of sulfonamides is 1. The molecule has 0 amide bonds. The lowest BCUT2D eigenvalue weighted by Crippen LogP contribution is -2.28. The van der Waals surface area contributed by atoms with Gasteiger partial charge >= 0.3 is 6.18 Å². The summed E-state index contributed by atoms with van der Waals surface area (Å²) in [6.07, 6.45) is -5.58. The van der Waals surface area contributed by atoms with Crippen LogP contribution in [0.3, 0.4) is 0 Å². The van der Waals surface area contributed by atoms with E-state index in [-0.39, 0.29) is 10.9 Å². The van der Waals surface area contributed by atoms with Gasteiger partial charge in [-0.1, -0.05) is 19.1 Å². The predicted octanol–water partition coefficient (Wildman–Crippen LogP) is 2.59. The standard InChI is InChI=1S/C13H19F3N2O2S/c1-3-17-10(2)11-5-4-6-12(9-11)21(19,20)18-8-7-13(14,15)16/h4-6,9-10,17-18H,3,7-8H2,1-2H3. The second-order valence-electron chi connectivity index (χ2n) is 4.61. The molecule has 8 heteroatoms. The number of benzene rings is 1. The molecule has 0 bridgehead atoms. The van der Waals surface area contributed by atoms with E-state index in [2.05, 4.69) is 5.32 Å². The van der Waals surface area contributed by atoms with Crippen LogP contribution in [0.25, 0.3) is 0 Å². The quantitative estimate of drug-likeness (QED) is 0.810. The molecule has 1 atom stereocenters. The van der Waals surface area contributed by atoms with Crippen LogP contribution in [0.4, 0.5) is 13.2 Å². The minimum Gasteiger partial charge on any atom is -0.310 e. The van der Waals surface area contributed by atoms with Crippen LogP contribution in [0.5, 0.6) is 0 Å². The molecule has 0 fully saturated rings. The molecule has 0 aromatic heterocycles. The SMILES string of the molecule is CCNC(C)c1cccc(S(=O)(=O)NCCC(F)(F)F)c1. The zero-order chi connectivity index (χ0) is 16.1. The molecule has 0 saturated carbocycles. The minimum atomic E-state index is -4.38. The molecule has 0 saturated heterocycles. The Hall–Kier alpha value is -1.12. The van der Waals surface area contributed by atoms with Crippen LogP contribution in [0.2, 0.25) is 0 Å². The Bertz CT molecular complexity index is 559. The van der Waals surface area contributed by atoms with Gasteiger partial charge in [0.2, 0.25) is 10.0 Å². The van der Waals surface area contributed by atoms with Gasteiger partial charge < -0.3 is 5.32 Å². The Morgan fingerprint density at radius 3 is 2.52 bits per heavy atom. The van der Waals surface area contributed by atoms with Gasteiger partial charge in [0.05, 0.1) is 11.3 Å². The molecule has 1 unspecified atom stereocenters. The first kappa shape index (κ1) is 17.9. The van der Waals surface area contributed by atoms with Gasteiger partial charge in [0.25, 0.3) is 0 Å². The fraction of sp³-hybridized carbons (Fsp3) is 0.538. The van der Waals surface area contributed by atoms with Crippen LogP contribution in [0.15, 0.2) is 29.2 Å². The molecule has 0 radical (unpaired) electrons. The Labute approximate surface area is 122 Å². The Morgan fingerprint density at radius 2 is 1.95 bits per heavy atom. The van der Waals surface area contributed by atoms with Crippen molar-refractivity contribution in [3.63, 3.8) is 0 Å². The largest absolute Gasteiger partial charge is 0.390 e. The number of nitrogens with one attached hydrogen (secondary N) is 2. The van der Waals surface area contributed by atoms with Gasteiger partial charge in [-0.3, -0.25) is 0 Å². The third kappa shape index (κ3) is 6.03. The summed E-state index contributed by atoms with van der Waals surface area (Å²) in [6.45, 7) is 3.86. The summed E-state index contributed by atoms with van der Waals surface area (Å²) in [4.78, 5) is -0.0353. The molecule has 2 N–H and O–H groups in total. The normalized spacial score (nSPS) is 14.1. The van der Waals surface area contributed by atoms with E-state index in [4.69, 9.17) is 0 Å². The first-order valence-corrected chi connectivity index (χ1v) is 8.04. The lowest BCUT2D eigenvalue weighted by atomic mass is 10.1. The van der Waals surface area contributed by atoms with E-state index in [1.165, 1.54) is 12.1 Å². The van der Waals surface area contributed by atoms with E-state index in [1.54, 1.807) is 12.1 Å². The van der Waals surface area contributed by atoms with Gasteiger partial charge in [-0.2, -0.15) is 13.2 Å². The highest BCUT2D eigenvalue weighted by molar-refractivity contribution is 7.89. The van der Waals surface area contributed by atoms with E-state index in [0.29, 0.717) is 0 Å². The van der Waals surface area contributed by atoms with Crippen LogP contribution < -0.4 is 10.0 Å². The van der Waals surface area contributed by atoms with Crippen LogP contribution in [0.1, 0.15) is 31.9 Å². The molecule has 1 rings (SSSR count). The van der Waals surface area contributed by atoms with Crippen LogP contribution in [-0.4, -0.2) is 27.7 Å². The summed E-state index contributed by atoms with van der Waals surface area (Å²) in [5.41, 5.74) is 0.760. The molecule has 0 aliphatic rings. The molecule has 1 aromatic rings. The average Bonchev–Trinajstić information content (AvgIpc) is 2.37. The van der Waals surface area contributed by atoms with Crippen molar-refractivity contribution in [2.45, 2.75) is 37.4 Å². The minimum absolute atomic E-state index is 0.0353. The number of hydrogen-bond acceptors (Lipinski definition) is 3. The predicted molar refractivity (Wildman–Crippen MR) is 74.4 cm³/mol. The van der Waals surface area contributed by atoms with Crippen LogP contribution in [0, 0.1) is 0 Å². The highest BCUT2D eigenvalue weighted by atomic mass is 32.2. The second kappa shape index (κ2) is 7.24. The van der Waals surface area contributed by atoms with Gasteiger partial charge in [-0.25, -0.2) is 13.1 Å². The molecule has 21 heavy (non-hydrogen) atoms. The van der Waals surface area contributed by atoms with Crippen molar-refractivity contribution in [1.29, 1.82) is 0 Å². The molecule has 0 heterocycles. The van der Waals surface area contributed by atoms with Crippen molar-refractivity contribution in [3.8, 4) is 0 Å². The van der Waals surface area contributed by atoms with E-state index in [0.717, 1.165) is 12.1 Å². The second-order valence-corrected chi connectivity index (χ2v) is 6.38.